The van der Waals surface area contributed by atoms with Crippen molar-refractivity contribution in [3.63, 3.8) is 0 Å². The molecule has 0 saturated heterocycles. The normalized spacial score (nSPS) is 11.2. The Morgan fingerprint density at radius 1 is 1.23 bits per heavy atom. The van der Waals surface area contributed by atoms with Gasteiger partial charge in [0.05, 0.1) is 23.0 Å². The van der Waals surface area contributed by atoms with Crippen molar-refractivity contribution in [3.05, 3.63) is 75.3 Å². The van der Waals surface area contributed by atoms with Crippen LogP contribution in [0.15, 0.2) is 48.5 Å². The number of nitrogens with zero attached hydrogens (tertiary/aromatic N) is 2. The molecule has 0 fully saturated rings. The summed E-state index contributed by atoms with van der Waals surface area (Å²) in [6, 6.07) is 13.4. The van der Waals surface area contributed by atoms with Crippen molar-refractivity contribution in [2.75, 3.05) is 0 Å². The molecule has 1 atom stereocenters. The molecular weight excluding hydrogens is 336 g/mol. The fraction of sp³-hybridized carbons (Fsp3) is 0.167. The molecule has 0 unspecified atom stereocenters. The first-order valence-electron chi connectivity index (χ1n) is 7.70. The first-order valence-corrected chi connectivity index (χ1v) is 7.70. The average Bonchev–Trinajstić information content (AvgIpc) is 2.61. The van der Waals surface area contributed by atoms with Crippen LogP contribution in [0.25, 0.3) is 0 Å². The first-order chi connectivity index (χ1) is 12.4. The third kappa shape index (κ3) is 4.88. The van der Waals surface area contributed by atoms with E-state index in [1.807, 2.05) is 6.07 Å². The minimum Gasteiger partial charge on any atom is -0.368 e. The summed E-state index contributed by atoms with van der Waals surface area (Å²) in [7, 11) is 0. The van der Waals surface area contributed by atoms with Crippen LogP contribution in [-0.2, 0) is 22.4 Å². The van der Waals surface area contributed by atoms with Crippen LogP contribution < -0.4 is 11.1 Å². The number of rotatable bonds is 7. The topological polar surface area (TPSA) is 139 Å². The van der Waals surface area contributed by atoms with Gasteiger partial charge in [-0.25, -0.2) is 0 Å². The highest BCUT2D eigenvalue weighted by atomic mass is 16.6. The summed E-state index contributed by atoms with van der Waals surface area (Å²) in [4.78, 5) is 34.1. The molecule has 26 heavy (non-hydrogen) atoms. The Hall–Kier alpha value is -3.73. The van der Waals surface area contributed by atoms with Gasteiger partial charge in [-0.3, -0.25) is 19.7 Å². The van der Waals surface area contributed by atoms with Crippen molar-refractivity contribution in [2.24, 2.45) is 5.73 Å². The highest BCUT2D eigenvalue weighted by Crippen LogP contribution is 2.14. The summed E-state index contributed by atoms with van der Waals surface area (Å²) in [5.41, 5.74) is 6.66. The van der Waals surface area contributed by atoms with Crippen LogP contribution in [0.2, 0.25) is 0 Å². The summed E-state index contributed by atoms with van der Waals surface area (Å²) >= 11 is 0. The van der Waals surface area contributed by atoms with Crippen molar-refractivity contribution in [1.29, 1.82) is 5.26 Å². The number of nitriles is 1. The molecule has 2 aromatic rings. The predicted octanol–water partition coefficient (Wildman–Crippen LogP) is 1.22. The second-order valence-corrected chi connectivity index (χ2v) is 5.60. The van der Waals surface area contributed by atoms with E-state index in [1.165, 1.54) is 18.2 Å². The maximum Gasteiger partial charge on any atom is 0.269 e. The van der Waals surface area contributed by atoms with Crippen molar-refractivity contribution >= 4 is 17.5 Å². The zero-order chi connectivity index (χ0) is 19.1. The van der Waals surface area contributed by atoms with E-state index in [0.29, 0.717) is 16.7 Å². The maximum atomic E-state index is 12.2. The van der Waals surface area contributed by atoms with Gasteiger partial charge in [0.25, 0.3) is 5.69 Å². The van der Waals surface area contributed by atoms with Crippen molar-refractivity contribution in [3.8, 4) is 6.07 Å². The van der Waals surface area contributed by atoms with Crippen LogP contribution in [0.5, 0.6) is 0 Å². The van der Waals surface area contributed by atoms with Crippen molar-refractivity contribution < 1.29 is 14.5 Å². The second kappa shape index (κ2) is 8.39. The number of benzene rings is 2. The van der Waals surface area contributed by atoms with Crippen LogP contribution in [0.1, 0.15) is 16.7 Å². The largest absolute Gasteiger partial charge is 0.368 e. The summed E-state index contributed by atoms with van der Waals surface area (Å²) in [5.74, 6) is -1.23. The molecule has 0 heterocycles. The lowest BCUT2D eigenvalue weighted by molar-refractivity contribution is -0.384. The number of nitrogens with two attached hydrogens (primary N) is 1. The van der Waals surface area contributed by atoms with Gasteiger partial charge in [-0.1, -0.05) is 30.3 Å². The Balaban J connectivity index is 2.09. The number of primary amides is 1. The molecular formula is C18H16N4O4. The molecule has 0 radical (unpaired) electrons. The van der Waals surface area contributed by atoms with Gasteiger partial charge >= 0.3 is 0 Å². The molecule has 0 aliphatic heterocycles. The Bertz CT molecular complexity index is 889. The zero-order valence-corrected chi connectivity index (χ0v) is 13.7. The molecule has 132 valence electrons. The summed E-state index contributed by atoms with van der Waals surface area (Å²) in [6.07, 6.45) is -0.0505. The Morgan fingerprint density at radius 3 is 2.62 bits per heavy atom. The molecule has 0 bridgehead atoms. The van der Waals surface area contributed by atoms with Gasteiger partial charge in [0.15, 0.2) is 0 Å². The molecule has 2 amide bonds. The third-order valence-corrected chi connectivity index (χ3v) is 3.73. The van der Waals surface area contributed by atoms with Gasteiger partial charge in [0.2, 0.25) is 11.8 Å². The molecule has 0 spiro atoms. The van der Waals surface area contributed by atoms with E-state index in [2.05, 4.69) is 5.32 Å². The van der Waals surface area contributed by atoms with Crippen molar-refractivity contribution in [1.82, 2.24) is 5.32 Å². The first kappa shape index (κ1) is 18.6. The summed E-state index contributed by atoms with van der Waals surface area (Å²) in [5, 5.41) is 22.4. The molecule has 0 aliphatic carbocycles. The van der Waals surface area contributed by atoms with E-state index in [4.69, 9.17) is 11.0 Å². The van der Waals surface area contributed by atoms with Crippen LogP contribution in [-0.4, -0.2) is 22.8 Å². The van der Waals surface area contributed by atoms with E-state index in [-0.39, 0.29) is 18.5 Å². The molecule has 3 N–H and O–H groups in total. The van der Waals surface area contributed by atoms with Gasteiger partial charge < -0.3 is 11.1 Å². The molecule has 2 aromatic carbocycles. The second-order valence-electron chi connectivity index (χ2n) is 5.60. The SMILES string of the molecule is N#Cc1ccccc1C[C@@H](NC(=O)Cc1cccc([N+](=O)[O-])c1)C(N)=O. The number of non-ortho nitro benzene ring substituents is 1. The Labute approximate surface area is 149 Å². The lowest BCUT2D eigenvalue weighted by Gasteiger charge is -2.16. The standard InChI is InChI=1S/C18H16N4O4/c19-11-14-6-2-1-5-13(14)10-16(18(20)24)21-17(23)9-12-4-3-7-15(8-12)22(25)26/h1-8,16H,9-10H2,(H2,20,24)(H,21,23)/t16-/m1/s1. The monoisotopic (exact) mass is 352 g/mol. The van der Waals surface area contributed by atoms with Gasteiger partial charge in [0.1, 0.15) is 6.04 Å². The maximum absolute atomic E-state index is 12.2. The predicted molar refractivity (Wildman–Crippen MR) is 92.8 cm³/mol. The fourth-order valence-electron chi connectivity index (χ4n) is 2.46. The lowest BCUT2D eigenvalue weighted by Crippen LogP contribution is -2.46. The number of carbonyl (C=O) groups excluding carboxylic acids is 2. The van der Waals surface area contributed by atoms with Crippen LogP contribution in [0, 0.1) is 21.4 Å². The number of hydrogen-bond donors (Lipinski definition) is 2. The number of carbonyl (C=O) groups is 2. The fourth-order valence-corrected chi connectivity index (χ4v) is 2.46. The lowest BCUT2D eigenvalue weighted by atomic mass is 10.00. The Morgan fingerprint density at radius 2 is 1.96 bits per heavy atom. The molecule has 0 aromatic heterocycles. The highest BCUT2D eigenvalue weighted by molar-refractivity contribution is 5.87. The molecule has 2 rings (SSSR count). The molecule has 0 aliphatic rings. The average molecular weight is 352 g/mol. The number of nitrogens with one attached hydrogen (secondary N) is 1. The summed E-state index contributed by atoms with van der Waals surface area (Å²) < 4.78 is 0. The quantitative estimate of drug-likeness (QED) is 0.569. The molecule has 8 heteroatoms. The van der Waals surface area contributed by atoms with Gasteiger partial charge in [-0.2, -0.15) is 5.26 Å². The number of nitro benzene ring substituents is 1. The van der Waals surface area contributed by atoms with E-state index in [1.54, 1.807) is 30.3 Å². The highest BCUT2D eigenvalue weighted by Gasteiger charge is 2.20. The third-order valence-electron chi connectivity index (χ3n) is 3.73. The number of amides is 2. The van der Waals surface area contributed by atoms with E-state index in [0.717, 1.165) is 0 Å². The van der Waals surface area contributed by atoms with E-state index < -0.39 is 22.8 Å². The van der Waals surface area contributed by atoms with E-state index >= 15 is 0 Å². The minimum atomic E-state index is -0.990. The number of hydrogen-bond acceptors (Lipinski definition) is 5. The van der Waals surface area contributed by atoms with Gasteiger partial charge in [-0.15, -0.1) is 0 Å². The number of nitro groups is 1. The van der Waals surface area contributed by atoms with Crippen molar-refractivity contribution in [2.45, 2.75) is 18.9 Å². The van der Waals surface area contributed by atoms with E-state index in [9.17, 15) is 19.7 Å². The Kier molecular flexibility index (Phi) is 6.01. The minimum absolute atomic E-state index is 0.0831. The van der Waals surface area contributed by atoms with Crippen LogP contribution in [0.3, 0.4) is 0 Å². The van der Waals surface area contributed by atoms with Gasteiger partial charge in [0, 0.05) is 18.6 Å². The van der Waals surface area contributed by atoms with Crippen LogP contribution >= 0.6 is 0 Å². The van der Waals surface area contributed by atoms with Crippen LogP contribution in [0.4, 0.5) is 5.69 Å². The molecule has 8 nitrogen and oxygen atoms in total. The smallest absolute Gasteiger partial charge is 0.269 e. The molecule has 0 saturated carbocycles. The zero-order valence-electron chi connectivity index (χ0n) is 13.7. The van der Waals surface area contributed by atoms with Gasteiger partial charge in [-0.05, 0) is 17.2 Å². The summed E-state index contributed by atoms with van der Waals surface area (Å²) in [6.45, 7) is 0.